The van der Waals surface area contributed by atoms with Crippen LogP contribution in [0.3, 0.4) is 0 Å². The van der Waals surface area contributed by atoms with Crippen LogP contribution in [0.15, 0.2) is 64.9 Å². The number of aromatic nitrogens is 1. The lowest BCUT2D eigenvalue weighted by atomic mass is 10.0. The molecule has 0 atom stereocenters. The molecule has 0 radical (unpaired) electrons. The van der Waals surface area contributed by atoms with Crippen molar-refractivity contribution in [2.24, 2.45) is 7.05 Å². The molecule has 3 aromatic rings. The fourth-order valence-electron chi connectivity index (χ4n) is 3.17. The number of para-hydroxylation sites is 1. The second-order valence-electron chi connectivity index (χ2n) is 5.55. The predicted octanol–water partition coefficient (Wildman–Crippen LogP) is 5.29. The van der Waals surface area contributed by atoms with Crippen LogP contribution in [0.25, 0.3) is 16.5 Å². The molecule has 0 saturated carbocycles. The summed E-state index contributed by atoms with van der Waals surface area (Å²) < 4.78 is 2.35. The molecular weight excluding hydrogens is 274 g/mol. The Bertz CT molecular complexity index is 857. The molecule has 1 nitrogen and oxygen atoms in total. The molecule has 21 heavy (non-hydrogen) atoms. The Morgan fingerprint density at radius 1 is 1.00 bits per heavy atom. The Morgan fingerprint density at radius 3 is 2.67 bits per heavy atom. The Kier molecular flexibility index (Phi) is 2.93. The highest BCUT2D eigenvalue weighted by atomic mass is 32.2. The number of nitrogens with zero attached hydrogens (tertiary/aromatic N) is 1. The van der Waals surface area contributed by atoms with E-state index in [1.807, 2.05) is 11.8 Å². The minimum Gasteiger partial charge on any atom is -0.347 e. The normalized spacial score (nSPS) is 14.4. The average Bonchev–Trinajstić information content (AvgIpc) is 2.76. The van der Waals surface area contributed by atoms with Crippen LogP contribution in [0.1, 0.15) is 17.7 Å². The summed E-state index contributed by atoms with van der Waals surface area (Å²) in [7, 11) is 2.18. The molecule has 1 aromatic heterocycles. The van der Waals surface area contributed by atoms with Crippen molar-refractivity contribution >= 4 is 28.2 Å². The molecule has 1 aliphatic rings. The van der Waals surface area contributed by atoms with E-state index in [4.69, 9.17) is 0 Å². The second kappa shape index (κ2) is 4.81. The lowest BCUT2D eigenvalue weighted by molar-refractivity contribution is 0.815. The van der Waals surface area contributed by atoms with Gasteiger partial charge in [-0.25, -0.2) is 0 Å². The van der Waals surface area contributed by atoms with Crippen molar-refractivity contribution in [3.8, 4) is 0 Å². The van der Waals surface area contributed by atoms with E-state index in [1.165, 1.54) is 37.5 Å². The van der Waals surface area contributed by atoms with Crippen LogP contribution in [0.5, 0.6) is 0 Å². The lowest BCUT2D eigenvalue weighted by Gasteiger charge is -2.17. The van der Waals surface area contributed by atoms with Gasteiger partial charge in [-0.1, -0.05) is 54.7 Å². The van der Waals surface area contributed by atoms with Gasteiger partial charge in [-0.2, -0.15) is 0 Å². The molecule has 0 bridgehead atoms. The number of rotatable bonds is 0. The molecule has 4 rings (SSSR count). The van der Waals surface area contributed by atoms with Gasteiger partial charge < -0.3 is 4.57 Å². The molecule has 0 amide bonds. The van der Waals surface area contributed by atoms with Gasteiger partial charge in [0.2, 0.25) is 0 Å². The maximum atomic E-state index is 4.29. The summed E-state index contributed by atoms with van der Waals surface area (Å²) in [6.07, 6.45) is 2.08. The summed E-state index contributed by atoms with van der Waals surface area (Å²) in [6, 6.07) is 17.3. The first-order valence-electron chi connectivity index (χ1n) is 7.27. The van der Waals surface area contributed by atoms with Gasteiger partial charge in [0.15, 0.2) is 0 Å². The molecule has 0 aliphatic carbocycles. The van der Waals surface area contributed by atoms with Crippen LogP contribution in [-0.4, -0.2) is 4.57 Å². The van der Waals surface area contributed by atoms with Gasteiger partial charge >= 0.3 is 0 Å². The van der Waals surface area contributed by atoms with Crippen molar-refractivity contribution in [1.29, 1.82) is 0 Å². The van der Waals surface area contributed by atoms with Crippen LogP contribution in [0, 0.1) is 0 Å². The fraction of sp³-hybridized carbons (Fsp3) is 0.158. The third-order valence-corrected chi connectivity index (χ3v) is 5.56. The highest BCUT2D eigenvalue weighted by molar-refractivity contribution is 7.99. The van der Waals surface area contributed by atoms with Crippen LogP contribution in [0.4, 0.5) is 0 Å². The second-order valence-corrected chi connectivity index (χ2v) is 6.61. The average molecular weight is 291 g/mol. The third kappa shape index (κ3) is 1.94. The molecule has 0 saturated heterocycles. The van der Waals surface area contributed by atoms with Crippen molar-refractivity contribution in [3.05, 3.63) is 66.4 Å². The maximum absolute atomic E-state index is 4.29. The number of allylic oxidation sites excluding steroid dienone is 1. The number of hydrogen-bond acceptors (Lipinski definition) is 1. The molecule has 104 valence electrons. The smallest absolute Gasteiger partial charge is 0.0491 e. The van der Waals surface area contributed by atoms with Crippen molar-refractivity contribution in [2.45, 2.75) is 22.6 Å². The number of aryl methyl sites for hydroxylation is 1. The van der Waals surface area contributed by atoms with E-state index >= 15 is 0 Å². The standard InChI is InChI=1S/C19H17NS/c1-13-11-12-17-19(21-18-10-6-4-7-14(13)18)15-8-3-5-9-16(15)20(17)2/h3-10H,1,11-12H2,2H3. The van der Waals surface area contributed by atoms with Gasteiger partial charge in [-0.05, 0) is 36.1 Å². The minimum atomic E-state index is 1.02. The van der Waals surface area contributed by atoms with Gasteiger partial charge in [0.05, 0.1) is 0 Å². The van der Waals surface area contributed by atoms with Crippen LogP contribution < -0.4 is 0 Å². The fourth-order valence-corrected chi connectivity index (χ4v) is 4.50. The van der Waals surface area contributed by atoms with E-state index in [0.29, 0.717) is 0 Å². The number of benzene rings is 2. The topological polar surface area (TPSA) is 4.93 Å². The summed E-state index contributed by atoms with van der Waals surface area (Å²) in [6.45, 7) is 4.29. The first-order valence-corrected chi connectivity index (χ1v) is 8.08. The Labute approximate surface area is 129 Å². The molecule has 0 unspecified atom stereocenters. The SMILES string of the molecule is C=C1CCc2c(c3ccccc3n2C)Sc2ccccc21. The minimum absolute atomic E-state index is 1.02. The molecule has 2 aromatic carbocycles. The third-order valence-electron chi connectivity index (χ3n) is 4.32. The van der Waals surface area contributed by atoms with Gasteiger partial charge in [0.1, 0.15) is 0 Å². The highest BCUT2D eigenvalue weighted by Gasteiger charge is 2.20. The highest BCUT2D eigenvalue weighted by Crippen LogP contribution is 2.43. The Balaban J connectivity index is 1.99. The monoisotopic (exact) mass is 291 g/mol. The van der Waals surface area contributed by atoms with Crippen LogP contribution in [-0.2, 0) is 13.5 Å². The summed E-state index contributed by atoms with van der Waals surface area (Å²) in [5.74, 6) is 0. The Hall–Kier alpha value is -1.93. The van der Waals surface area contributed by atoms with E-state index in [1.54, 1.807) is 0 Å². The zero-order valence-corrected chi connectivity index (χ0v) is 12.9. The van der Waals surface area contributed by atoms with E-state index in [0.717, 1.165) is 12.8 Å². The molecular formula is C19H17NS. The molecule has 0 spiro atoms. The van der Waals surface area contributed by atoms with E-state index in [2.05, 4.69) is 66.7 Å². The lowest BCUT2D eigenvalue weighted by Crippen LogP contribution is -2.01. The van der Waals surface area contributed by atoms with Crippen molar-refractivity contribution in [2.75, 3.05) is 0 Å². The van der Waals surface area contributed by atoms with Crippen molar-refractivity contribution in [1.82, 2.24) is 4.57 Å². The quantitative estimate of drug-likeness (QED) is 0.545. The molecule has 2 heterocycles. The summed E-state index contributed by atoms with van der Waals surface area (Å²) in [4.78, 5) is 2.73. The first-order chi connectivity index (χ1) is 10.3. The molecule has 0 fully saturated rings. The van der Waals surface area contributed by atoms with Crippen molar-refractivity contribution < 1.29 is 0 Å². The van der Waals surface area contributed by atoms with Crippen molar-refractivity contribution in [3.63, 3.8) is 0 Å². The Morgan fingerprint density at radius 2 is 1.76 bits per heavy atom. The molecule has 1 aliphatic heterocycles. The number of hydrogen-bond donors (Lipinski definition) is 0. The van der Waals surface area contributed by atoms with E-state index in [-0.39, 0.29) is 0 Å². The summed E-state index contributed by atoms with van der Waals surface area (Å²) in [5.41, 5.74) is 5.30. The molecule has 0 N–H and O–H groups in total. The van der Waals surface area contributed by atoms with E-state index in [9.17, 15) is 0 Å². The number of fused-ring (bicyclic) bond motifs is 4. The van der Waals surface area contributed by atoms with Gasteiger partial charge in [-0.3, -0.25) is 0 Å². The maximum Gasteiger partial charge on any atom is 0.0491 e. The summed E-state index contributed by atoms with van der Waals surface area (Å²) in [5, 5.41) is 1.36. The predicted molar refractivity (Wildman–Crippen MR) is 90.8 cm³/mol. The first kappa shape index (κ1) is 12.8. The largest absolute Gasteiger partial charge is 0.347 e. The zero-order valence-electron chi connectivity index (χ0n) is 12.1. The zero-order chi connectivity index (χ0) is 14.4. The van der Waals surface area contributed by atoms with Gasteiger partial charge in [0, 0.05) is 33.4 Å². The van der Waals surface area contributed by atoms with Gasteiger partial charge in [0.25, 0.3) is 0 Å². The van der Waals surface area contributed by atoms with E-state index < -0.39 is 0 Å². The van der Waals surface area contributed by atoms with Gasteiger partial charge in [-0.15, -0.1) is 0 Å². The molecule has 2 heteroatoms. The van der Waals surface area contributed by atoms with Crippen LogP contribution >= 0.6 is 11.8 Å². The van der Waals surface area contributed by atoms with Crippen LogP contribution in [0.2, 0.25) is 0 Å². The summed E-state index contributed by atoms with van der Waals surface area (Å²) >= 11 is 1.89.